The van der Waals surface area contributed by atoms with Crippen LogP contribution in [0.15, 0.2) is 42.5 Å². The molecule has 0 saturated carbocycles. The van der Waals surface area contributed by atoms with Crippen LogP contribution in [-0.4, -0.2) is 31.2 Å². The second-order valence-corrected chi connectivity index (χ2v) is 7.51. The molecule has 0 radical (unpaired) electrons. The third-order valence-corrected chi connectivity index (χ3v) is 5.89. The SMILES string of the molecule is CCN(CC)c1cc(N(CC)CC)c2nc(C=Cc3ccccc3)sc2c1. The zero-order chi connectivity index (χ0) is 19.2. The Kier molecular flexibility index (Phi) is 6.51. The Morgan fingerprint density at radius 3 is 2.15 bits per heavy atom. The molecular formula is C23H29N3S. The fourth-order valence-corrected chi connectivity index (χ4v) is 4.32. The predicted molar refractivity (Wildman–Crippen MR) is 122 cm³/mol. The number of thiazole rings is 1. The zero-order valence-electron chi connectivity index (χ0n) is 16.8. The van der Waals surface area contributed by atoms with Gasteiger partial charge in [0.1, 0.15) is 10.5 Å². The van der Waals surface area contributed by atoms with Gasteiger partial charge in [0.05, 0.1) is 10.4 Å². The fraction of sp³-hybridized carbons (Fsp3) is 0.348. The highest BCUT2D eigenvalue weighted by Gasteiger charge is 2.15. The standard InChI is InChI=1S/C23H29N3S/c1-5-25(6-2)19-16-20(26(7-3)8-4)23-21(17-19)27-22(24-23)15-14-18-12-10-9-11-13-18/h9-17H,5-8H2,1-4H3. The number of hydrogen-bond acceptors (Lipinski definition) is 4. The first kappa shape index (κ1) is 19.4. The number of hydrogen-bond donors (Lipinski definition) is 0. The minimum absolute atomic E-state index is 0.986. The van der Waals surface area contributed by atoms with E-state index in [-0.39, 0.29) is 0 Å². The van der Waals surface area contributed by atoms with Gasteiger partial charge in [-0.2, -0.15) is 0 Å². The van der Waals surface area contributed by atoms with Gasteiger partial charge in [-0.3, -0.25) is 0 Å². The maximum atomic E-state index is 4.97. The molecule has 3 nitrogen and oxygen atoms in total. The molecule has 0 aliphatic rings. The summed E-state index contributed by atoms with van der Waals surface area (Å²) in [7, 11) is 0. The van der Waals surface area contributed by atoms with Crippen LogP contribution in [0.2, 0.25) is 0 Å². The first-order chi connectivity index (χ1) is 13.2. The lowest BCUT2D eigenvalue weighted by Crippen LogP contribution is -2.24. The number of rotatable bonds is 8. The molecule has 0 saturated heterocycles. The van der Waals surface area contributed by atoms with Crippen LogP contribution in [-0.2, 0) is 0 Å². The molecule has 0 bridgehead atoms. The number of fused-ring (bicyclic) bond motifs is 1. The molecule has 0 amide bonds. The molecular weight excluding hydrogens is 350 g/mol. The van der Waals surface area contributed by atoms with Crippen LogP contribution in [0.4, 0.5) is 11.4 Å². The first-order valence-electron chi connectivity index (χ1n) is 9.87. The van der Waals surface area contributed by atoms with Crippen LogP contribution in [0, 0.1) is 0 Å². The lowest BCUT2D eigenvalue weighted by Gasteiger charge is -2.26. The van der Waals surface area contributed by atoms with Gasteiger partial charge in [-0.25, -0.2) is 4.98 Å². The van der Waals surface area contributed by atoms with Crippen LogP contribution in [0.1, 0.15) is 38.3 Å². The van der Waals surface area contributed by atoms with Crippen molar-refractivity contribution in [3.05, 3.63) is 53.0 Å². The summed E-state index contributed by atoms with van der Waals surface area (Å²) < 4.78 is 1.26. The van der Waals surface area contributed by atoms with Gasteiger partial charge in [-0.15, -0.1) is 11.3 Å². The highest BCUT2D eigenvalue weighted by atomic mass is 32.1. The van der Waals surface area contributed by atoms with Crippen LogP contribution in [0.25, 0.3) is 22.4 Å². The van der Waals surface area contributed by atoms with E-state index < -0.39 is 0 Å². The summed E-state index contributed by atoms with van der Waals surface area (Å²) in [5, 5.41) is 1.05. The quantitative estimate of drug-likeness (QED) is 0.467. The first-order valence-corrected chi connectivity index (χ1v) is 10.7. The summed E-state index contributed by atoms with van der Waals surface area (Å²) in [5.41, 5.74) is 4.85. The number of nitrogens with zero attached hydrogens (tertiary/aromatic N) is 3. The van der Waals surface area contributed by atoms with Crippen LogP contribution in [0.5, 0.6) is 0 Å². The van der Waals surface area contributed by atoms with Gasteiger partial charge in [-0.05, 0) is 51.5 Å². The average molecular weight is 380 g/mol. The minimum Gasteiger partial charge on any atom is -0.372 e. The highest BCUT2D eigenvalue weighted by molar-refractivity contribution is 7.19. The molecule has 4 heteroatoms. The van der Waals surface area contributed by atoms with E-state index in [2.05, 4.69) is 86.0 Å². The Morgan fingerprint density at radius 2 is 1.52 bits per heavy atom. The normalized spacial score (nSPS) is 11.4. The predicted octanol–water partition coefficient (Wildman–Crippen LogP) is 6.16. The number of benzene rings is 2. The molecule has 3 aromatic rings. The largest absolute Gasteiger partial charge is 0.372 e. The van der Waals surface area contributed by atoms with Gasteiger partial charge in [0.2, 0.25) is 0 Å². The lowest BCUT2D eigenvalue weighted by atomic mass is 10.2. The Labute approximate surface area is 167 Å². The molecule has 142 valence electrons. The fourth-order valence-electron chi connectivity index (χ4n) is 3.39. The van der Waals surface area contributed by atoms with Crippen LogP contribution >= 0.6 is 11.3 Å². The van der Waals surface area contributed by atoms with Crippen molar-refractivity contribution in [1.82, 2.24) is 4.98 Å². The van der Waals surface area contributed by atoms with Gasteiger partial charge in [0, 0.05) is 31.9 Å². The van der Waals surface area contributed by atoms with E-state index in [1.807, 2.05) is 6.07 Å². The lowest BCUT2D eigenvalue weighted by molar-refractivity contribution is 0.855. The van der Waals surface area contributed by atoms with E-state index in [0.29, 0.717) is 0 Å². The van der Waals surface area contributed by atoms with Crippen molar-refractivity contribution in [1.29, 1.82) is 0 Å². The summed E-state index contributed by atoms with van der Waals surface area (Å²) >= 11 is 1.77. The summed E-state index contributed by atoms with van der Waals surface area (Å²) in [6.07, 6.45) is 4.27. The van der Waals surface area contributed by atoms with Crippen molar-refractivity contribution < 1.29 is 0 Å². The van der Waals surface area contributed by atoms with Crippen molar-refractivity contribution >= 4 is 45.1 Å². The molecule has 0 N–H and O–H groups in total. The molecule has 0 atom stereocenters. The van der Waals surface area contributed by atoms with Crippen molar-refractivity contribution in [2.75, 3.05) is 36.0 Å². The zero-order valence-corrected chi connectivity index (χ0v) is 17.6. The Morgan fingerprint density at radius 1 is 0.852 bits per heavy atom. The van der Waals surface area contributed by atoms with E-state index in [0.717, 1.165) is 36.7 Å². The van der Waals surface area contributed by atoms with Gasteiger partial charge in [-0.1, -0.05) is 36.4 Å². The van der Waals surface area contributed by atoms with E-state index in [1.165, 1.54) is 21.6 Å². The highest BCUT2D eigenvalue weighted by Crippen LogP contribution is 2.36. The van der Waals surface area contributed by atoms with Gasteiger partial charge >= 0.3 is 0 Å². The van der Waals surface area contributed by atoms with Crippen LogP contribution in [0.3, 0.4) is 0 Å². The van der Waals surface area contributed by atoms with E-state index in [4.69, 9.17) is 4.98 Å². The van der Waals surface area contributed by atoms with Crippen molar-refractivity contribution in [3.63, 3.8) is 0 Å². The topological polar surface area (TPSA) is 19.4 Å². The van der Waals surface area contributed by atoms with E-state index in [1.54, 1.807) is 11.3 Å². The molecule has 0 unspecified atom stereocenters. The molecule has 27 heavy (non-hydrogen) atoms. The number of aromatic nitrogens is 1. The summed E-state index contributed by atoms with van der Waals surface area (Å²) in [4.78, 5) is 9.78. The summed E-state index contributed by atoms with van der Waals surface area (Å²) in [6, 6.07) is 15.0. The summed E-state index contributed by atoms with van der Waals surface area (Å²) in [5.74, 6) is 0. The third kappa shape index (κ3) is 4.33. The van der Waals surface area contributed by atoms with Crippen molar-refractivity contribution in [2.45, 2.75) is 27.7 Å². The smallest absolute Gasteiger partial charge is 0.117 e. The summed E-state index contributed by atoms with van der Waals surface area (Å²) in [6.45, 7) is 12.8. The van der Waals surface area contributed by atoms with Gasteiger partial charge < -0.3 is 9.80 Å². The Balaban J connectivity index is 2.07. The molecule has 2 aromatic carbocycles. The van der Waals surface area contributed by atoms with Gasteiger partial charge in [0.15, 0.2) is 0 Å². The Bertz CT molecular complexity index is 891. The molecule has 0 spiro atoms. The van der Waals surface area contributed by atoms with Crippen molar-refractivity contribution in [2.24, 2.45) is 0 Å². The molecule has 1 heterocycles. The number of anilines is 2. The molecule has 0 aliphatic heterocycles. The average Bonchev–Trinajstić information content (AvgIpc) is 3.12. The molecule has 3 rings (SSSR count). The Hall–Kier alpha value is -2.33. The van der Waals surface area contributed by atoms with E-state index >= 15 is 0 Å². The maximum Gasteiger partial charge on any atom is 0.117 e. The molecule has 0 fully saturated rings. The molecule has 0 aliphatic carbocycles. The van der Waals surface area contributed by atoms with E-state index in [9.17, 15) is 0 Å². The third-order valence-electron chi connectivity index (χ3n) is 4.93. The van der Waals surface area contributed by atoms with Crippen molar-refractivity contribution in [3.8, 4) is 0 Å². The van der Waals surface area contributed by atoms with Gasteiger partial charge in [0.25, 0.3) is 0 Å². The van der Waals surface area contributed by atoms with Crippen LogP contribution < -0.4 is 9.80 Å². The minimum atomic E-state index is 0.986. The monoisotopic (exact) mass is 379 g/mol. The molecule has 1 aromatic heterocycles. The second kappa shape index (κ2) is 9.05. The second-order valence-electron chi connectivity index (χ2n) is 6.45. The maximum absolute atomic E-state index is 4.97.